The first-order chi connectivity index (χ1) is 11.5. The van der Waals surface area contributed by atoms with Crippen LogP contribution in [0.25, 0.3) is 0 Å². The van der Waals surface area contributed by atoms with Crippen molar-refractivity contribution in [1.29, 1.82) is 5.26 Å². The Hall–Kier alpha value is -1.88. The van der Waals surface area contributed by atoms with Crippen molar-refractivity contribution in [1.82, 2.24) is 4.98 Å². The molecule has 1 aromatic heterocycles. The van der Waals surface area contributed by atoms with Crippen LogP contribution in [0.2, 0.25) is 5.02 Å². The van der Waals surface area contributed by atoms with Gasteiger partial charge >= 0.3 is 5.97 Å². The number of carbonyl (C=O) groups is 2. The summed E-state index contributed by atoms with van der Waals surface area (Å²) in [5.41, 5.74) is 0.927. The van der Waals surface area contributed by atoms with Gasteiger partial charge in [0.05, 0.1) is 16.7 Å². The number of hydrogen-bond donors (Lipinski definition) is 0. The maximum atomic E-state index is 12.2. The molecule has 0 saturated heterocycles. The van der Waals surface area contributed by atoms with E-state index in [1.165, 1.54) is 23.1 Å². The summed E-state index contributed by atoms with van der Waals surface area (Å²) in [6, 6.07) is 6.89. The van der Waals surface area contributed by atoms with Gasteiger partial charge in [0.1, 0.15) is 5.01 Å². The molecule has 0 unspecified atom stereocenters. The largest absolute Gasteiger partial charge is 0.454 e. The number of aryl methyl sites for hydroxylation is 1. The number of rotatable bonds is 6. The molecule has 0 aliphatic carbocycles. The summed E-state index contributed by atoms with van der Waals surface area (Å²) in [4.78, 5) is 29.3. The minimum atomic E-state index is -1.04. The molecule has 0 N–H and O–H groups in total. The Morgan fingerprint density at radius 3 is 2.83 bits per heavy atom. The fourth-order valence-corrected chi connectivity index (χ4v) is 3.35. The predicted octanol–water partition coefficient (Wildman–Crippen LogP) is 3.86. The lowest BCUT2D eigenvalue weighted by atomic mass is 10.1. The Bertz CT molecular complexity index is 814. The first-order valence-corrected chi connectivity index (χ1v) is 9.29. The van der Waals surface area contributed by atoms with Crippen molar-refractivity contribution in [3.05, 3.63) is 44.9 Å². The summed E-state index contributed by atoms with van der Waals surface area (Å²) in [6.07, 6.45) is 1.87. The number of carbonyl (C=O) groups excluding carboxylic acids is 2. The number of benzene rings is 1. The maximum absolute atomic E-state index is 12.2. The number of halogens is 1. The van der Waals surface area contributed by atoms with E-state index in [1.807, 2.05) is 12.3 Å². The van der Waals surface area contributed by atoms with Gasteiger partial charge in [-0.3, -0.25) is 4.79 Å². The first kappa shape index (κ1) is 18.5. The van der Waals surface area contributed by atoms with Crippen molar-refractivity contribution in [3.63, 3.8) is 0 Å². The minimum absolute atomic E-state index is 0.190. The van der Waals surface area contributed by atoms with Crippen LogP contribution in [-0.2, 0) is 9.53 Å². The number of esters is 1. The Labute approximate surface area is 152 Å². The number of nitrogens with zero attached hydrogens (tertiary/aromatic N) is 2. The highest BCUT2D eigenvalue weighted by atomic mass is 35.5. The lowest BCUT2D eigenvalue weighted by Gasteiger charge is -2.08. The summed E-state index contributed by atoms with van der Waals surface area (Å²) in [7, 11) is 0. The first-order valence-electron chi connectivity index (χ1n) is 6.81. The summed E-state index contributed by atoms with van der Waals surface area (Å²) in [5, 5.41) is 11.6. The van der Waals surface area contributed by atoms with Crippen molar-refractivity contribution < 1.29 is 14.3 Å². The number of thiazole rings is 1. The molecule has 24 heavy (non-hydrogen) atoms. The third-order valence-electron chi connectivity index (χ3n) is 3.07. The molecule has 5 nitrogen and oxygen atoms in total. The highest BCUT2D eigenvalue weighted by molar-refractivity contribution is 7.98. The normalized spacial score (nSPS) is 11.6. The predicted molar refractivity (Wildman–Crippen MR) is 93.7 cm³/mol. The van der Waals surface area contributed by atoms with Crippen LogP contribution in [0.15, 0.2) is 28.5 Å². The topological polar surface area (TPSA) is 80.0 Å². The van der Waals surface area contributed by atoms with Crippen molar-refractivity contribution in [2.45, 2.75) is 17.7 Å². The highest BCUT2D eigenvalue weighted by Crippen LogP contribution is 2.24. The zero-order chi connectivity index (χ0) is 17.7. The third kappa shape index (κ3) is 4.35. The molecule has 0 bridgehead atoms. The van der Waals surface area contributed by atoms with Gasteiger partial charge in [0.15, 0.2) is 18.3 Å². The molecule has 124 valence electrons. The Balaban J connectivity index is 2.05. The Kier molecular flexibility index (Phi) is 6.37. The van der Waals surface area contributed by atoms with Crippen LogP contribution in [0.1, 0.15) is 27.0 Å². The molecule has 2 rings (SSSR count). The molecular formula is C16H13ClN2O3S2. The summed E-state index contributed by atoms with van der Waals surface area (Å²) < 4.78 is 5.02. The van der Waals surface area contributed by atoms with Crippen LogP contribution in [0, 0.1) is 18.3 Å². The van der Waals surface area contributed by atoms with Gasteiger partial charge in [-0.2, -0.15) is 5.26 Å². The number of aromatic nitrogens is 1. The molecule has 0 radical (unpaired) electrons. The maximum Gasteiger partial charge on any atom is 0.340 e. The van der Waals surface area contributed by atoms with Gasteiger partial charge in [0.2, 0.25) is 0 Å². The number of Topliss-reactive ketones (excluding diaryl/α,β-unsaturated/α-hetero) is 1. The van der Waals surface area contributed by atoms with Crippen LogP contribution >= 0.6 is 34.7 Å². The van der Waals surface area contributed by atoms with Gasteiger partial charge in [0, 0.05) is 16.0 Å². The number of hydrogen-bond acceptors (Lipinski definition) is 7. The molecule has 1 atom stereocenters. The van der Waals surface area contributed by atoms with E-state index in [1.54, 1.807) is 30.5 Å². The molecular weight excluding hydrogens is 368 g/mol. The molecule has 0 aliphatic rings. The SMILES string of the molecule is CSc1ccc(Cl)c(C(=O)OCC(=O)[C@@H](C#N)c2nc(C)cs2)c1. The molecule has 0 aliphatic heterocycles. The van der Waals surface area contributed by atoms with E-state index < -0.39 is 24.3 Å². The third-order valence-corrected chi connectivity index (χ3v) is 5.16. The second-order valence-electron chi connectivity index (χ2n) is 4.78. The van der Waals surface area contributed by atoms with Crippen LogP contribution in [0.3, 0.4) is 0 Å². The molecule has 8 heteroatoms. The lowest BCUT2D eigenvalue weighted by Crippen LogP contribution is -2.20. The molecule has 0 saturated carbocycles. The molecule has 1 heterocycles. The van der Waals surface area contributed by atoms with E-state index in [9.17, 15) is 14.9 Å². The second kappa shape index (κ2) is 8.29. The fraction of sp³-hybridized carbons (Fsp3) is 0.250. The van der Waals surface area contributed by atoms with Crippen molar-refractivity contribution in [3.8, 4) is 6.07 Å². The van der Waals surface area contributed by atoms with Crippen LogP contribution in [0.4, 0.5) is 0 Å². The standard InChI is InChI=1S/C16H13ClN2O3S2/c1-9-8-24-15(19-9)12(6-18)14(20)7-22-16(21)11-5-10(23-2)3-4-13(11)17/h3-5,8,12H,7H2,1-2H3/t12-/m1/s1. The zero-order valence-corrected chi connectivity index (χ0v) is 15.3. The van der Waals surface area contributed by atoms with Crippen molar-refractivity contribution in [2.24, 2.45) is 0 Å². The second-order valence-corrected chi connectivity index (χ2v) is 6.95. The number of thioether (sulfide) groups is 1. The molecule has 0 fully saturated rings. The van der Waals surface area contributed by atoms with Gasteiger partial charge in [-0.15, -0.1) is 23.1 Å². The quantitative estimate of drug-likeness (QED) is 0.559. The number of ketones is 1. The lowest BCUT2D eigenvalue weighted by molar-refractivity contribution is -0.122. The van der Waals surface area contributed by atoms with Crippen molar-refractivity contribution in [2.75, 3.05) is 12.9 Å². The van der Waals surface area contributed by atoms with E-state index in [4.69, 9.17) is 16.3 Å². The monoisotopic (exact) mass is 380 g/mol. The molecule has 2 aromatic rings. The van der Waals surface area contributed by atoms with Gasteiger partial charge in [-0.1, -0.05) is 11.6 Å². The fourth-order valence-electron chi connectivity index (χ4n) is 1.86. The summed E-state index contributed by atoms with van der Waals surface area (Å²) in [5.74, 6) is -2.25. The molecule has 1 aromatic carbocycles. The number of nitriles is 1. The highest BCUT2D eigenvalue weighted by Gasteiger charge is 2.25. The minimum Gasteiger partial charge on any atom is -0.454 e. The van der Waals surface area contributed by atoms with E-state index in [-0.39, 0.29) is 10.6 Å². The van der Waals surface area contributed by atoms with Crippen LogP contribution < -0.4 is 0 Å². The average molecular weight is 381 g/mol. The smallest absolute Gasteiger partial charge is 0.340 e. The van der Waals surface area contributed by atoms with Gasteiger partial charge in [0.25, 0.3) is 0 Å². The van der Waals surface area contributed by atoms with E-state index in [0.29, 0.717) is 5.01 Å². The Morgan fingerprint density at radius 2 is 2.25 bits per heavy atom. The summed E-state index contributed by atoms with van der Waals surface area (Å²) >= 11 is 8.68. The summed E-state index contributed by atoms with van der Waals surface area (Å²) in [6.45, 7) is 1.27. The molecule has 0 spiro atoms. The van der Waals surface area contributed by atoms with E-state index in [0.717, 1.165) is 10.6 Å². The van der Waals surface area contributed by atoms with Gasteiger partial charge < -0.3 is 4.74 Å². The zero-order valence-electron chi connectivity index (χ0n) is 12.9. The van der Waals surface area contributed by atoms with E-state index >= 15 is 0 Å². The Morgan fingerprint density at radius 1 is 1.50 bits per heavy atom. The average Bonchev–Trinajstić information content (AvgIpc) is 3.00. The van der Waals surface area contributed by atoms with Gasteiger partial charge in [-0.05, 0) is 31.4 Å². The van der Waals surface area contributed by atoms with Crippen LogP contribution in [0.5, 0.6) is 0 Å². The number of ether oxygens (including phenoxy) is 1. The van der Waals surface area contributed by atoms with Gasteiger partial charge in [-0.25, -0.2) is 9.78 Å². The van der Waals surface area contributed by atoms with E-state index in [2.05, 4.69) is 4.98 Å². The molecule has 0 amide bonds. The van der Waals surface area contributed by atoms with Crippen LogP contribution in [-0.4, -0.2) is 29.6 Å². The van der Waals surface area contributed by atoms with Crippen molar-refractivity contribution >= 4 is 46.5 Å².